The largest absolute Gasteiger partial charge is 0.397 e. The summed E-state index contributed by atoms with van der Waals surface area (Å²) in [5.74, 6) is -0.693. The minimum atomic E-state index is -4.62. The van der Waals surface area contributed by atoms with Crippen LogP contribution in [0.4, 0.5) is 5.69 Å². The molecule has 0 radical (unpaired) electrons. The number of halogens is 1. The highest BCUT2D eigenvalue weighted by atomic mass is 35.5. The zero-order valence-corrected chi connectivity index (χ0v) is 22.5. The lowest BCUT2D eigenvalue weighted by atomic mass is 9.92. The van der Waals surface area contributed by atoms with Crippen LogP contribution in [-0.4, -0.2) is 19.1 Å². The van der Waals surface area contributed by atoms with E-state index in [9.17, 15) is 18.5 Å². The second-order valence-corrected chi connectivity index (χ2v) is 11.4. The summed E-state index contributed by atoms with van der Waals surface area (Å²) in [5, 5.41) is 19.5. The van der Waals surface area contributed by atoms with E-state index >= 15 is 0 Å². The molecule has 196 valence electrons. The molecule has 0 aliphatic heterocycles. The van der Waals surface area contributed by atoms with Gasteiger partial charge in [0.15, 0.2) is 5.78 Å². The van der Waals surface area contributed by atoms with Crippen molar-refractivity contribution < 1.29 is 13.2 Å². The fraction of sp³-hybridized carbons (Fsp3) is 0.0323. The predicted molar refractivity (Wildman–Crippen MR) is 153 cm³/mol. The number of hydrogen-bond acceptors (Lipinski definition) is 7. The summed E-state index contributed by atoms with van der Waals surface area (Å²) < 4.78 is 29.6. The number of nitrogens with zero attached hydrogens (tertiary/aromatic N) is 3. The van der Waals surface area contributed by atoms with Gasteiger partial charge in [0.2, 0.25) is 14.7 Å². The molecule has 1 aliphatic rings. The molecular formula is C31H21ClN4O3S. The van der Waals surface area contributed by atoms with Crippen molar-refractivity contribution in [2.45, 2.75) is 9.77 Å². The smallest absolute Gasteiger partial charge is 0.244 e. The maximum atomic E-state index is 14.8. The van der Waals surface area contributed by atoms with Crippen LogP contribution in [0.3, 0.4) is 0 Å². The minimum absolute atomic E-state index is 0.0769. The Hall–Kier alpha value is -4.84. The summed E-state index contributed by atoms with van der Waals surface area (Å²) in [7, 11) is -4.62. The summed E-state index contributed by atoms with van der Waals surface area (Å²) in [6.07, 6.45) is 0. The van der Waals surface area contributed by atoms with Gasteiger partial charge in [-0.25, -0.2) is 8.42 Å². The summed E-state index contributed by atoms with van der Waals surface area (Å²) in [4.78, 5) is 11.6. The Balaban J connectivity index is 1.93. The molecule has 4 aromatic carbocycles. The van der Waals surface area contributed by atoms with Gasteiger partial charge in [-0.1, -0.05) is 90.5 Å². The van der Waals surface area contributed by atoms with Gasteiger partial charge < -0.3 is 5.73 Å². The highest BCUT2D eigenvalue weighted by Gasteiger charge is 2.60. The monoisotopic (exact) mass is 564 g/mol. The quantitative estimate of drug-likeness (QED) is 0.198. The van der Waals surface area contributed by atoms with Gasteiger partial charge in [-0.05, 0) is 42.0 Å². The number of nitrogens with two attached hydrogens (primary N) is 1. The minimum Gasteiger partial charge on any atom is -0.397 e. The number of allylic oxidation sites excluding steroid dienone is 1. The third kappa shape index (κ3) is 4.41. The van der Waals surface area contributed by atoms with Crippen molar-refractivity contribution in [2.24, 2.45) is 16.0 Å². The van der Waals surface area contributed by atoms with Gasteiger partial charge in [-0.15, -0.1) is 0 Å². The molecule has 0 heterocycles. The highest BCUT2D eigenvalue weighted by molar-refractivity contribution is 7.93. The standard InChI is InChI=1S/C31H21ClN4O3S/c32-23-18-16-21(17-19-23)27-26(20-33)29(34)28(30(37)22-10-4-1-5-11-22)31(27,36-35-24-12-6-2-7-13-24)40(38,39)25-14-8-3-9-15-25/h1-19H,34H2. The molecule has 1 aliphatic carbocycles. The van der Waals surface area contributed by atoms with Crippen molar-refractivity contribution in [3.05, 3.63) is 148 Å². The van der Waals surface area contributed by atoms with Gasteiger partial charge in [0.05, 0.1) is 27.4 Å². The number of sulfone groups is 1. The summed E-state index contributed by atoms with van der Waals surface area (Å²) >= 11 is 6.14. The Morgan fingerprint density at radius 2 is 1.38 bits per heavy atom. The van der Waals surface area contributed by atoms with Gasteiger partial charge in [-0.2, -0.15) is 15.5 Å². The SMILES string of the molecule is N#CC1=C(c2ccc(Cl)cc2)C(N=Nc2ccccc2)(S(=O)(=O)c2ccccc2)C(C(=O)c2ccccc2)=C1N. The number of benzene rings is 4. The lowest BCUT2D eigenvalue weighted by Crippen LogP contribution is -2.41. The van der Waals surface area contributed by atoms with Crippen molar-refractivity contribution in [3.8, 4) is 6.07 Å². The van der Waals surface area contributed by atoms with Crippen LogP contribution in [0, 0.1) is 11.3 Å². The van der Waals surface area contributed by atoms with Gasteiger partial charge >= 0.3 is 0 Å². The van der Waals surface area contributed by atoms with E-state index in [1.165, 1.54) is 12.1 Å². The van der Waals surface area contributed by atoms with Crippen LogP contribution in [-0.2, 0) is 9.84 Å². The third-order valence-electron chi connectivity index (χ3n) is 6.48. The molecule has 40 heavy (non-hydrogen) atoms. The molecule has 5 rings (SSSR count). The lowest BCUT2D eigenvalue weighted by molar-refractivity contribution is 0.102. The molecule has 0 bridgehead atoms. The molecule has 1 atom stereocenters. The molecule has 0 amide bonds. The van der Waals surface area contributed by atoms with E-state index in [0.717, 1.165) is 0 Å². The van der Waals surface area contributed by atoms with Crippen molar-refractivity contribution in [2.75, 3.05) is 0 Å². The summed E-state index contributed by atoms with van der Waals surface area (Å²) in [5.41, 5.74) is 6.43. The fourth-order valence-corrected chi connectivity index (χ4v) is 6.73. The molecule has 4 aromatic rings. The molecule has 1 unspecified atom stereocenters. The highest BCUT2D eigenvalue weighted by Crippen LogP contribution is 2.53. The molecule has 0 aromatic heterocycles. The third-order valence-corrected chi connectivity index (χ3v) is 8.89. The van der Waals surface area contributed by atoms with Crippen LogP contribution >= 0.6 is 11.6 Å². The average molecular weight is 565 g/mol. The van der Waals surface area contributed by atoms with Crippen LogP contribution in [0.5, 0.6) is 0 Å². The zero-order valence-electron chi connectivity index (χ0n) is 20.9. The second-order valence-electron chi connectivity index (χ2n) is 8.85. The number of ketones is 1. The summed E-state index contributed by atoms with van der Waals surface area (Å²) in [6.45, 7) is 0. The van der Waals surface area contributed by atoms with E-state index in [4.69, 9.17) is 17.3 Å². The first-order valence-corrected chi connectivity index (χ1v) is 14.0. The van der Waals surface area contributed by atoms with E-state index in [1.807, 2.05) is 6.07 Å². The molecule has 0 fully saturated rings. The van der Waals surface area contributed by atoms with Crippen LogP contribution in [0.25, 0.3) is 5.57 Å². The number of carbonyl (C=O) groups excluding carboxylic acids is 1. The molecule has 2 N–H and O–H groups in total. The van der Waals surface area contributed by atoms with Gasteiger partial charge in [-0.3, -0.25) is 4.79 Å². The van der Waals surface area contributed by atoms with E-state index < -0.39 is 20.5 Å². The predicted octanol–water partition coefficient (Wildman–Crippen LogP) is 6.68. The molecule has 0 spiro atoms. The maximum absolute atomic E-state index is 14.8. The van der Waals surface area contributed by atoms with Crippen LogP contribution in [0.15, 0.2) is 147 Å². The van der Waals surface area contributed by atoms with Gasteiger partial charge in [0, 0.05) is 16.2 Å². The average Bonchev–Trinajstić information content (AvgIpc) is 3.26. The Labute approximate surface area is 236 Å². The van der Waals surface area contributed by atoms with Crippen molar-refractivity contribution in [1.82, 2.24) is 0 Å². The number of nitriles is 1. The topological polar surface area (TPSA) is 126 Å². The Kier molecular flexibility index (Phi) is 7.18. The second kappa shape index (κ2) is 10.7. The van der Waals surface area contributed by atoms with E-state index in [2.05, 4.69) is 10.2 Å². The molecule has 0 saturated carbocycles. The van der Waals surface area contributed by atoms with E-state index in [1.54, 1.807) is 103 Å². The van der Waals surface area contributed by atoms with Gasteiger partial charge in [0.25, 0.3) is 0 Å². The zero-order chi connectivity index (χ0) is 28.3. The first-order chi connectivity index (χ1) is 19.3. The molecule has 0 saturated heterocycles. The van der Waals surface area contributed by atoms with Gasteiger partial charge in [0.1, 0.15) is 6.07 Å². The van der Waals surface area contributed by atoms with Crippen LogP contribution in [0.2, 0.25) is 5.02 Å². The van der Waals surface area contributed by atoms with E-state index in [0.29, 0.717) is 16.3 Å². The Morgan fingerprint density at radius 1 is 0.825 bits per heavy atom. The Bertz CT molecular complexity index is 1830. The van der Waals surface area contributed by atoms with Crippen molar-refractivity contribution >= 4 is 38.5 Å². The number of carbonyl (C=O) groups is 1. The molecular weight excluding hydrogens is 544 g/mol. The number of hydrogen-bond donors (Lipinski definition) is 1. The number of azo groups is 1. The first-order valence-electron chi connectivity index (χ1n) is 12.1. The normalized spacial score (nSPS) is 17.3. The molecule has 7 nitrogen and oxygen atoms in total. The lowest BCUT2D eigenvalue weighted by Gasteiger charge is -2.30. The number of Topliss-reactive ketones (excluding diaryl/α,β-unsaturated/α-hetero) is 1. The van der Waals surface area contributed by atoms with Crippen molar-refractivity contribution in [1.29, 1.82) is 5.26 Å². The molecule has 9 heteroatoms. The fourth-order valence-electron chi connectivity index (χ4n) is 4.63. The maximum Gasteiger partial charge on any atom is 0.244 e. The van der Waals surface area contributed by atoms with E-state index in [-0.39, 0.29) is 32.9 Å². The first kappa shape index (κ1) is 26.8. The number of rotatable bonds is 7. The van der Waals surface area contributed by atoms with Crippen molar-refractivity contribution in [3.63, 3.8) is 0 Å². The Morgan fingerprint density at radius 3 is 1.95 bits per heavy atom. The van der Waals surface area contributed by atoms with Crippen LogP contribution < -0.4 is 5.73 Å². The summed E-state index contributed by atoms with van der Waals surface area (Å²) in [6, 6.07) is 32.5. The van der Waals surface area contributed by atoms with Crippen LogP contribution in [0.1, 0.15) is 15.9 Å².